The summed E-state index contributed by atoms with van der Waals surface area (Å²) < 4.78 is 1.49. The van der Waals surface area contributed by atoms with Crippen molar-refractivity contribution in [2.45, 2.75) is 13.8 Å². The van der Waals surface area contributed by atoms with Crippen LogP contribution in [-0.2, 0) is 7.05 Å². The molecule has 2 aromatic heterocycles. The average molecular weight is 268 g/mol. The van der Waals surface area contributed by atoms with Gasteiger partial charge in [0.15, 0.2) is 0 Å². The number of nitrogens with one attached hydrogen (secondary N) is 1. The molecule has 3 rings (SSSR count). The lowest BCUT2D eigenvalue weighted by Gasteiger charge is -1.98. The molecule has 20 heavy (non-hydrogen) atoms. The van der Waals surface area contributed by atoms with Crippen LogP contribution in [0.5, 0.6) is 0 Å². The lowest BCUT2D eigenvalue weighted by atomic mass is 10.1. The van der Waals surface area contributed by atoms with Gasteiger partial charge in [-0.3, -0.25) is 9.48 Å². The molecule has 0 unspecified atom stereocenters. The van der Waals surface area contributed by atoms with Crippen LogP contribution in [0.25, 0.3) is 10.9 Å². The maximum atomic E-state index is 12.5. The predicted molar refractivity (Wildman–Crippen MR) is 78.8 cm³/mol. The first-order chi connectivity index (χ1) is 9.47. The van der Waals surface area contributed by atoms with Gasteiger partial charge in [-0.2, -0.15) is 5.10 Å². The Hall–Kier alpha value is -2.56. The summed E-state index contributed by atoms with van der Waals surface area (Å²) in [6.07, 6.45) is 1.50. The van der Waals surface area contributed by atoms with E-state index in [0.717, 1.165) is 10.9 Å². The van der Waals surface area contributed by atoms with Crippen molar-refractivity contribution in [1.29, 1.82) is 0 Å². The van der Waals surface area contributed by atoms with E-state index in [1.54, 1.807) is 7.05 Å². The van der Waals surface area contributed by atoms with Crippen LogP contribution in [0.2, 0.25) is 0 Å². The molecule has 0 aliphatic heterocycles. The number of aromatic amines is 1. The van der Waals surface area contributed by atoms with Gasteiger partial charge in [-0.15, -0.1) is 0 Å². The van der Waals surface area contributed by atoms with Gasteiger partial charge in [0.1, 0.15) is 5.82 Å². The Bertz CT molecular complexity index is 787. The van der Waals surface area contributed by atoms with Crippen molar-refractivity contribution in [2.75, 3.05) is 5.73 Å². The molecule has 0 aliphatic carbocycles. The normalized spacial score (nSPS) is 11.2. The van der Waals surface area contributed by atoms with Gasteiger partial charge in [-0.1, -0.05) is 0 Å². The lowest BCUT2D eigenvalue weighted by molar-refractivity contribution is 0.103. The first-order valence-corrected chi connectivity index (χ1v) is 6.39. The molecule has 5 nitrogen and oxygen atoms in total. The molecule has 0 saturated heterocycles. The molecule has 0 aliphatic rings. The lowest BCUT2D eigenvalue weighted by Crippen LogP contribution is -2.06. The van der Waals surface area contributed by atoms with Crippen molar-refractivity contribution in [2.24, 2.45) is 7.05 Å². The number of anilines is 1. The van der Waals surface area contributed by atoms with E-state index in [1.807, 2.05) is 12.1 Å². The zero-order chi connectivity index (χ0) is 14.4. The Morgan fingerprint density at radius 1 is 1.25 bits per heavy atom. The van der Waals surface area contributed by atoms with E-state index in [0.29, 0.717) is 17.1 Å². The van der Waals surface area contributed by atoms with E-state index < -0.39 is 0 Å². The fourth-order valence-electron chi connectivity index (χ4n) is 2.29. The van der Waals surface area contributed by atoms with Crippen LogP contribution in [0.4, 0.5) is 5.82 Å². The molecule has 5 heteroatoms. The third-order valence-corrected chi connectivity index (χ3v) is 3.71. The van der Waals surface area contributed by atoms with Gasteiger partial charge in [0, 0.05) is 18.0 Å². The van der Waals surface area contributed by atoms with E-state index in [1.165, 1.54) is 22.0 Å². The van der Waals surface area contributed by atoms with E-state index in [2.05, 4.69) is 30.0 Å². The van der Waals surface area contributed by atoms with Gasteiger partial charge < -0.3 is 10.7 Å². The zero-order valence-corrected chi connectivity index (χ0v) is 11.7. The predicted octanol–water partition coefficient (Wildman–Crippen LogP) is 2.33. The molecule has 102 valence electrons. The summed E-state index contributed by atoms with van der Waals surface area (Å²) in [7, 11) is 1.71. The van der Waals surface area contributed by atoms with Crippen molar-refractivity contribution in [3.8, 4) is 0 Å². The standard InChI is InChI=1S/C15H16N4O/c1-8-4-10-6-13(18-12(10)5-9(8)2)14(20)11-7-17-19(3)15(11)16/h4-7,18H,16H2,1-3H3. The van der Waals surface area contributed by atoms with Crippen LogP contribution in [0, 0.1) is 13.8 Å². The number of H-pyrrole nitrogens is 1. The number of benzene rings is 1. The molecule has 0 atom stereocenters. The first kappa shape index (κ1) is 12.5. The number of hydrogen-bond acceptors (Lipinski definition) is 3. The highest BCUT2D eigenvalue weighted by Gasteiger charge is 2.17. The molecule has 0 fully saturated rings. The number of ketones is 1. The molecule has 3 aromatic rings. The minimum atomic E-state index is -0.137. The van der Waals surface area contributed by atoms with E-state index in [-0.39, 0.29) is 5.78 Å². The fourth-order valence-corrected chi connectivity index (χ4v) is 2.29. The van der Waals surface area contributed by atoms with Crippen LogP contribution in [0.3, 0.4) is 0 Å². The summed E-state index contributed by atoms with van der Waals surface area (Å²) >= 11 is 0. The van der Waals surface area contributed by atoms with Crippen molar-refractivity contribution in [3.63, 3.8) is 0 Å². The molecular formula is C15H16N4O. The van der Waals surface area contributed by atoms with Crippen LogP contribution in [0.1, 0.15) is 27.2 Å². The zero-order valence-electron chi connectivity index (χ0n) is 11.7. The van der Waals surface area contributed by atoms with Crippen molar-refractivity contribution >= 4 is 22.5 Å². The van der Waals surface area contributed by atoms with E-state index in [9.17, 15) is 4.79 Å². The molecule has 0 radical (unpaired) electrons. The number of aromatic nitrogens is 3. The van der Waals surface area contributed by atoms with Crippen molar-refractivity contribution in [3.05, 3.63) is 46.8 Å². The van der Waals surface area contributed by atoms with Gasteiger partial charge in [0.05, 0.1) is 17.5 Å². The summed E-state index contributed by atoms with van der Waals surface area (Å²) in [5, 5.41) is 5.03. The number of carbonyl (C=O) groups is 1. The number of nitrogens with zero attached hydrogens (tertiary/aromatic N) is 2. The summed E-state index contributed by atoms with van der Waals surface area (Å²) in [6.45, 7) is 4.11. The number of rotatable bonds is 2. The first-order valence-electron chi connectivity index (χ1n) is 6.39. The minimum Gasteiger partial charge on any atom is -0.383 e. The Balaban J connectivity index is 2.10. The molecule has 3 N–H and O–H groups in total. The summed E-state index contributed by atoms with van der Waals surface area (Å²) in [5.74, 6) is 0.239. The van der Waals surface area contributed by atoms with Crippen molar-refractivity contribution < 1.29 is 4.79 Å². The number of aryl methyl sites for hydroxylation is 3. The Labute approximate surface area is 116 Å². The third-order valence-electron chi connectivity index (χ3n) is 3.71. The molecular weight excluding hydrogens is 252 g/mol. The van der Waals surface area contributed by atoms with Gasteiger partial charge in [0.25, 0.3) is 0 Å². The van der Waals surface area contributed by atoms with Gasteiger partial charge >= 0.3 is 0 Å². The van der Waals surface area contributed by atoms with Crippen LogP contribution in [0.15, 0.2) is 24.4 Å². The van der Waals surface area contributed by atoms with E-state index in [4.69, 9.17) is 5.73 Å². The molecule has 2 heterocycles. The second-order valence-electron chi connectivity index (χ2n) is 5.10. The number of carbonyl (C=O) groups excluding carboxylic acids is 1. The summed E-state index contributed by atoms with van der Waals surface area (Å²) in [5.41, 5.74) is 10.2. The summed E-state index contributed by atoms with van der Waals surface area (Å²) in [4.78, 5) is 15.6. The highest BCUT2D eigenvalue weighted by Crippen LogP contribution is 2.22. The SMILES string of the molecule is Cc1cc2cc(C(=O)c3cnn(C)c3N)[nH]c2cc1C. The highest BCUT2D eigenvalue weighted by molar-refractivity contribution is 6.12. The number of hydrogen-bond donors (Lipinski definition) is 2. The Morgan fingerprint density at radius 2 is 1.95 bits per heavy atom. The largest absolute Gasteiger partial charge is 0.383 e. The number of fused-ring (bicyclic) bond motifs is 1. The summed E-state index contributed by atoms with van der Waals surface area (Å²) in [6, 6.07) is 5.98. The van der Waals surface area contributed by atoms with Gasteiger partial charge in [0.2, 0.25) is 5.78 Å². The van der Waals surface area contributed by atoms with Crippen molar-refractivity contribution in [1.82, 2.24) is 14.8 Å². The van der Waals surface area contributed by atoms with E-state index >= 15 is 0 Å². The third kappa shape index (κ3) is 1.79. The maximum Gasteiger partial charge on any atom is 0.214 e. The Kier molecular flexibility index (Phi) is 2.64. The topological polar surface area (TPSA) is 76.7 Å². The molecule has 1 aromatic carbocycles. The quantitative estimate of drug-likeness (QED) is 0.700. The molecule has 0 amide bonds. The second-order valence-corrected chi connectivity index (χ2v) is 5.10. The maximum absolute atomic E-state index is 12.5. The number of nitrogen functional groups attached to an aromatic ring is 1. The molecule has 0 saturated carbocycles. The smallest absolute Gasteiger partial charge is 0.214 e. The number of nitrogens with two attached hydrogens (primary N) is 1. The Morgan fingerprint density at radius 3 is 2.60 bits per heavy atom. The average Bonchev–Trinajstić information content (AvgIpc) is 2.95. The van der Waals surface area contributed by atoms with Crippen LogP contribution >= 0.6 is 0 Å². The van der Waals surface area contributed by atoms with Gasteiger partial charge in [-0.25, -0.2) is 0 Å². The fraction of sp³-hybridized carbons (Fsp3) is 0.200. The minimum absolute atomic E-state index is 0.137. The highest BCUT2D eigenvalue weighted by atomic mass is 16.1. The van der Waals surface area contributed by atoms with Gasteiger partial charge in [-0.05, 0) is 43.2 Å². The second kappa shape index (κ2) is 4.23. The van der Waals surface area contributed by atoms with Crippen LogP contribution in [-0.4, -0.2) is 20.5 Å². The molecule has 0 spiro atoms. The monoisotopic (exact) mass is 268 g/mol. The van der Waals surface area contributed by atoms with Crippen LogP contribution < -0.4 is 5.73 Å². The molecule has 0 bridgehead atoms.